The Morgan fingerprint density at radius 2 is 2.20 bits per heavy atom. The Hall–Kier alpha value is -0.360. The third-order valence-electron chi connectivity index (χ3n) is 0.894. The van der Waals surface area contributed by atoms with Crippen LogP contribution in [-0.2, 0) is 0 Å². The first kappa shape index (κ1) is 7.74. The van der Waals surface area contributed by atoms with Crippen LogP contribution in [0.25, 0.3) is 0 Å². The van der Waals surface area contributed by atoms with Gasteiger partial charge in [-0.1, -0.05) is 0 Å². The van der Waals surface area contributed by atoms with Crippen molar-refractivity contribution in [2.75, 3.05) is 5.73 Å². The third kappa shape index (κ3) is 1.22. The van der Waals surface area contributed by atoms with E-state index < -0.39 is 0 Å². The summed E-state index contributed by atoms with van der Waals surface area (Å²) in [7, 11) is 0. The van der Waals surface area contributed by atoms with Crippen LogP contribution in [0.1, 0.15) is 0 Å². The van der Waals surface area contributed by atoms with Gasteiger partial charge in [0.25, 0.3) is 4.60 Å². The van der Waals surface area contributed by atoms with Crippen molar-refractivity contribution in [2.45, 2.75) is 0 Å². The summed E-state index contributed by atoms with van der Waals surface area (Å²) in [5, 5.41) is 10.9. The van der Waals surface area contributed by atoms with Crippen LogP contribution in [0, 0.1) is 5.21 Å². The largest absolute Gasteiger partial charge is 0.617 e. The van der Waals surface area contributed by atoms with Crippen LogP contribution >= 0.6 is 31.9 Å². The van der Waals surface area contributed by atoms with Gasteiger partial charge in [0.15, 0.2) is 0 Å². The van der Waals surface area contributed by atoms with E-state index in [4.69, 9.17) is 5.73 Å². The molecule has 0 unspecified atom stereocenters. The van der Waals surface area contributed by atoms with Crippen molar-refractivity contribution in [3.63, 3.8) is 0 Å². The molecule has 0 spiro atoms. The van der Waals surface area contributed by atoms with Gasteiger partial charge in [0.05, 0.1) is 0 Å². The number of hydrogen-bond donors (Lipinski definition) is 1. The molecule has 6 heteroatoms. The molecule has 2 N–H and O–H groups in total. The van der Waals surface area contributed by atoms with Crippen LogP contribution in [0.15, 0.2) is 15.4 Å². The molecular weight excluding hydrogens is 266 g/mol. The predicted molar refractivity (Wildman–Crippen MR) is 43.0 cm³/mol. The number of halogens is 2. The van der Waals surface area contributed by atoms with Crippen LogP contribution in [0.3, 0.4) is 0 Å². The van der Waals surface area contributed by atoms with Crippen LogP contribution < -0.4 is 10.5 Å². The zero-order valence-electron chi connectivity index (χ0n) is 4.71. The maximum atomic E-state index is 10.9. The normalized spacial score (nSPS) is 9.80. The number of aromatic nitrogens is 2. The Morgan fingerprint density at radius 1 is 1.60 bits per heavy atom. The second-order valence-electron chi connectivity index (χ2n) is 1.55. The highest BCUT2D eigenvalue weighted by Crippen LogP contribution is 2.13. The van der Waals surface area contributed by atoms with Crippen LogP contribution in [0.5, 0.6) is 0 Å². The van der Waals surface area contributed by atoms with E-state index >= 15 is 0 Å². The minimum atomic E-state index is 0.179. The van der Waals surface area contributed by atoms with Gasteiger partial charge in [0, 0.05) is 31.9 Å². The van der Waals surface area contributed by atoms with Gasteiger partial charge in [0.2, 0.25) is 5.82 Å². The molecule has 0 aliphatic carbocycles. The molecule has 0 amide bonds. The van der Waals surface area contributed by atoms with E-state index in [1.165, 1.54) is 6.20 Å². The average Bonchev–Trinajstić information content (AvgIpc) is 1.93. The summed E-state index contributed by atoms with van der Waals surface area (Å²) in [4.78, 5) is 3.70. The molecule has 54 valence electrons. The molecule has 0 radical (unpaired) electrons. The first-order valence-corrected chi connectivity index (χ1v) is 3.90. The molecule has 1 aromatic heterocycles. The zero-order chi connectivity index (χ0) is 7.72. The van der Waals surface area contributed by atoms with E-state index in [-0.39, 0.29) is 10.4 Å². The summed E-state index contributed by atoms with van der Waals surface area (Å²) >= 11 is 5.95. The smallest absolute Gasteiger partial charge is 0.302 e. The topological polar surface area (TPSA) is 65.8 Å². The Bertz CT molecular complexity index is 238. The first-order chi connectivity index (χ1) is 4.63. The van der Waals surface area contributed by atoms with Gasteiger partial charge >= 0.3 is 4.60 Å². The molecule has 0 saturated carbocycles. The van der Waals surface area contributed by atoms with Crippen molar-refractivity contribution in [3.05, 3.63) is 20.6 Å². The van der Waals surface area contributed by atoms with E-state index in [0.29, 0.717) is 9.33 Å². The molecule has 0 aromatic carbocycles. The molecular formula is C4H3Br2N3O. The van der Waals surface area contributed by atoms with Gasteiger partial charge in [-0.05, 0) is 0 Å². The van der Waals surface area contributed by atoms with Crippen molar-refractivity contribution in [1.82, 2.24) is 4.98 Å². The monoisotopic (exact) mass is 267 g/mol. The highest BCUT2D eigenvalue weighted by Gasteiger charge is 2.10. The van der Waals surface area contributed by atoms with Crippen molar-refractivity contribution in [1.29, 1.82) is 0 Å². The lowest BCUT2D eigenvalue weighted by molar-refractivity contribution is -0.628. The fraction of sp³-hybridized carbons (Fsp3) is 0. The molecule has 0 fully saturated rings. The van der Waals surface area contributed by atoms with Crippen molar-refractivity contribution in [3.8, 4) is 0 Å². The van der Waals surface area contributed by atoms with E-state index in [9.17, 15) is 5.21 Å². The number of nitrogens with zero attached hydrogens (tertiary/aromatic N) is 2. The lowest BCUT2D eigenvalue weighted by Crippen LogP contribution is -2.31. The molecule has 1 rings (SSSR count). The number of rotatable bonds is 0. The van der Waals surface area contributed by atoms with Gasteiger partial charge in [-0.2, -0.15) is 0 Å². The quantitative estimate of drug-likeness (QED) is 0.560. The highest BCUT2D eigenvalue weighted by atomic mass is 79.9. The minimum absolute atomic E-state index is 0.179. The Kier molecular flexibility index (Phi) is 2.10. The lowest BCUT2D eigenvalue weighted by atomic mass is 10.7. The highest BCUT2D eigenvalue weighted by molar-refractivity contribution is 9.11. The molecule has 0 saturated heterocycles. The number of anilines is 1. The van der Waals surface area contributed by atoms with Gasteiger partial charge in [-0.3, -0.25) is 0 Å². The van der Waals surface area contributed by atoms with Gasteiger partial charge < -0.3 is 10.9 Å². The third-order valence-corrected chi connectivity index (χ3v) is 2.15. The summed E-state index contributed by atoms with van der Waals surface area (Å²) in [6, 6.07) is 0. The number of nitrogens with two attached hydrogens (primary N) is 1. The predicted octanol–water partition coefficient (Wildman–Crippen LogP) is 0.822. The molecule has 10 heavy (non-hydrogen) atoms. The SMILES string of the molecule is Nc1ncc(Br)[n+]([O-])c1Br. The summed E-state index contributed by atoms with van der Waals surface area (Å²) in [6.07, 6.45) is 1.34. The average molecular weight is 269 g/mol. The maximum Gasteiger partial charge on any atom is 0.302 e. The van der Waals surface area contributed by atoms with Gasteiger partial charge in [0.1, 0.15) is 6.20 Å². The maximum absolute atomic E-state index is 10.9. The molecule has 4 nitrogen and oxygen atoms in total. The molecule has 1 heterocycles. The van der Waals surface area contributed by atoms with E-state index in [1.54, 1.807) is 0 Å². The zero-order valence-corrected chi connectivity index (χ0v) is 7.89. The fourth-order valence-corrected chi connectivity index (χ4v) is 1.24. The number of nitrogen functional groups attached to an aromatic ring is 1. The fourth-order valence-electron chi connectivity index (χ4n) is 0.426. The van der Waals surface area contributed by atoms with Crippen LogP contribution in [0.2, 0.25) is 0 Å². The van der Waals surface area contributed by atoms with Gasteiger partial charge in [-0.25, -0.2) is 4.98 Å². The summed E-state index contributed by atoms with van der Waals surface area (Å²) in [5.41, 5.74) is 5.29. The van der Waals surface area contributed by atoms with Crippen LogP contribution in [0.4, 0.5) is 5.82 Å². The second-order valence-corrected chi connectivity index (χ2v) is 3.11. The van der Waals surface area contributed by atoms with E-state index in [0.717, 1.165) is 0 Å². The molecule has 0 atom stereocenters. The van der Waals surface area contributed by atoms with Crippen molar-refractivity contribution in [2.24, 2.45) is 0 Å². The summed E-state index contributed by atoms with van der Waals surface area (Å²) < 4.78 is 1.15. The van der Waals surface area contributed by atoms with Crippen LogP contribution in [-0.4, -0.2) is 4.98 Å². The van der Waals surface area contributed by atoms with Crippen molar-refractivity contribution < 1.29 is 4.73 Å². The lowest BCUT2D eigenvalue weighted by Gasteiger charge is -2.00. The molecule has 1 aromatic rings. The standard InChI is InChI=1S/C4H3Br2N3O/c5-2-1-8-4(7)3(6)9(2)10/h1H,(H2,7,8). The molecule has 0 aliphatic heterocycles. The summed E-state index contributed by atoms with van der Waals surface area (Å²) in [5.74, 6) is 0.179. The molecule has 0 bridgehead atoms. The van der Waals surface area contributed by atoms with E-state index in [1.807, 2.05) is 0 Å². The minimum Gasteiger partial charge on any atom is -0.617 e. The summed E-state index contributed by atoms with van der Waals surface area (Å²) in [6.45, 7) is 0. The first-order valence-electron chi connectivity index (χ1n) is 2.32. The second kappa shape index (κ2) is 2.71. The number of hydrogen-bond acceptors (Lipinski definition) is 3. The Morgan fingerprint density at radius 3 is 2.70 bits per heavy atom. The molecule has 0 aliphatic rings. The van der Waals surface area contributed by atoms with Crippen molar-refractivity contribution >= 4 is 37.7 Å². The Balaban J connectivity index is 3.34. The van der Waals surface area contributed by atoms with Gasteiger partial charge in [-0.15, -0.1) is 4.73 Å². The Labute approximate surface area is 73.9 Å². The van der Waals surface area contributed by atoms with E-state index in [2.05, 4.69) is 36.8 Å².